The number of hydrogen-bond acceptors (Lipinski definition) is 1. The standard InChI is InChI=1S/C42H66N2/c1-4-6-8-10-12-14-15-17-19-27-33-40(41-43-34-36-44(41)35-28-20-18-16-13-11-9-7-5-2)42(3,39-31-25-22-26-32-39)37-38-29-23-21-24-30-38/h21-26,29-32,34,36,40H,4-20,27-28,33,35,37H2,1-3H3. The molecule has 244 valence electrons. The van der Waals surface area contributed by atoms with Crippen molar-refractivity contribution in [2.75, 3.05) is 0 Å². The van der Waals surface area contributed by atoms with Crippen molar-refractivity contribution in [3.05, 3.63) is 90.0 Å². The summed E-state index contributed by atoms with van der Waals surface area (Å²) in [4.78, 5) is 5.13. The van der Waals surface area contributed by atoms with E-state index in [2.05, 4.69) is 98.4 Å². The number of nitrogens with zero attached hydrogens (tertiary/aromatic N) is 2. The van der Waals surface area contributed by atoms with Crippen LogP contribution in [0.3, 0.4) is 0 Å². The fraction of sp³-hybridized carbons (Fsp3) is 0.643. The van der Waals surface area contributed by atoms with E-state index in [-0.39, 0.29) is 5.41 Å². The highest BCUT2D eigenvalue weighted by Crippen LogP contribution is 2.44. The fourth-order valence-electron chi connectivity index (χ4n) is 7.25. The summed E-state index contributed by atoms with van der Waals surface area (Å²) in [6.45, 7) is 8.22. The van der Waals surface area contributed by atoms with Crippen LogP contribution >= 0.6 is 0 Å². The molecule has 0 fully saturated rings. The average molecular weight is 599 g/mol. The molecule has 1 aromatic heterocycles. The largest absolute Gasteiger partial charge is 0.335 e. The monoisotopic (exact) mass is 599 g/mol. The van der Waals surface area contributed by atoms with Crippen LogP contribution in [0.25, 0.3) is 0 Å². The summed E-state index contributed by atoms with van der Waals surface area (Å²) in [7, 11) is 0. The molecule has 0 spiro atoms. The first-order chi connectivity index (χ1) is 21.7. The summed E-state index contributed by atoms with van der Waals surface area (Å²) in [5.74, 6) is 1.69. The second kappa shape index (κ2) is 22.2. The predicted molar refractivity (Wildman–Crippen MR) is 193 cm³/mol. The lowest BCUT2D eigenvalue weighted by Crippen LogP contribution is -2.35. The number of aryl methyl sites for hydroxylation is 1. The Balaban J connectivity index is 1.68. The molecular weight excluding hydrogens is 532 g/mol. The minimum absolute atomic E-state index is 0.0243. The van der Waals surface area contributed by atoms with E-state index in [0.29, 0.717) is 5.92 Å². The van der Waals surface area contributed by atoms with E-state index in [9.17, 15) is 0 Å². The third kappa shape index (κ3) is 12.9. The van der Waals surface area contributed by atoms with Crippen LogP contribution in [0.15, 0.2) is 73.1 Å². The topological polar surface area (TPSA) is 17.8 Å². The lowest BCUT2D eigenvalue weighted by Gasteiger charge is -2.39. The number of rotatable bonds is 26. The molecule has 0 N–H and O–H groups in total. The lowest BCUT2D eigenvalue weighted by atomic mass is 9.66. The molecule has 2 heteroatoms. The first-order valence-corrected chi connectivity index (χ1v) is 18.8. The third-order valence-electron chi connectivity index (χ3n) is 10.0. The second-order valence-corrected chi connectivity index (χ2v) is 13.8. The third-order valence-corrected chi connectivity index (χ3v) is 10.0. The van der Waals surface area contributed by atoms with Crippen molar-refractivity contribution in [2.24, 2.45) is 0 Å². The molecule has 0 saturated carbocycles. The molecule has 2 atom stereocenters. The van der Waals surface area contributed by atoms with Crippen molar-refractivity contribution in [1.82, 2.24) is 9.55 Å². The first kappa shape index (κ1) is 36.1. The maximum atomic E-state index is 5.13. The Morgan fingerprint density at radius 2 is 1.07 bits per heavy atom. The van der Waals surface area contributed by atoms with Gasteiger partial charge in [0.1, 0.15) is 5.82 Å². The molecule has 1 heterocycles. The molecule has 0 bridgehead atoms. The summed E-state index contributed by atoms with van der Waals surface area (Å²) >= 11 is 0. The Morgan fingerprint density at radius 3 is 1.61 bits per heavy atom. The van der Waals surface area contributed by atoms with Crippen LogP contribution in [0.2, 0.25) is 0 Å². The highest BCUT2D eigenvalue weighted by Gasteiger charge is 2.39. The van der Waals surface area contributed by atoms with Gasteiger partial charge in [-0.15, -0.1) is 0 Å². The molecule has 0 radical (unpaired) electrons. The average Bonchev–Trinajstić information content (AvgIpc) is 3.51. The van der Waals surface area contributed by atoms with Crippen LogP contribution in [0.1, 0.15) is 172 Å². The quantitative estimate of drug-likeness (QED) is 0.0840. The van der Waals surface area contributed by atoms with E-state index in [1.165, 1.54) is 145 Å². The molecule has 3 aromatic rings. The molecule has 2 aromatic carbocycles. The van der Waals surface area contributed by atoms with Gasteiger partial charge in [0, 0.05) is 30.3 Å². The van der Waals surface area contributed by atoms with Crippen molar-refractivity contribution in [3.63, 3.8) is 0 Å². The van der Waals surface area contributed by atoms with E-state index >= 15 is 0 Å². The van der Waals surface area contributed by atoms with Crippen LogP contribution < -0.4 is 0 Å². The Bertz CT molecular complexity index is 1070. The van der Waals surface area contributed by atoms with Crippen LogP contribution in [-0.4, -0.2) is 9.55 Å². The number of unbranched alkanes of at least 4 members (excludes halogenated alkanes) is 17. The molecule has 0 aliphatic heterocycles. The number of aromatic nitrogens is 2. The summed E-state index contributed by atoms with van der Waals surface area (Å²) in [6, 6.07) is 22.5. The van der Waals surface area contributed by atoms with Gasteiger partial charge in [-0.1, -0.05) is 197 Å². The normalized spacial score (nSPS) is 13.6. The van der Waals surface area contributed by atoms with Crippen molar-refractivity contribution < 1.29 is 0 Å². The van der Waals surface area contributed by atoms with Gasteiger partial charge in [0.25, 0.3) is 0 Å². The van der Waals surface area contributed by atoms with E-state index in [4.69, 9.17) is 4.98 Å². The van der Waals surface area contributed by atoms with Gasteiger partial charge >= 0.3 is 0 Å². The highest BCUT2D eigenvalue weighted by molar-refractivity contribution is 5.33. The van der Waals surface area contributed by atoms with E-state index in [1.54, 1.807) is 0 Å². The molecule has 0 saturated heterocycles. The Kier molecular flexibility index (Phi) is 18.2. The van der Waals surface area contributed by atoms with Gasteiger partial charge in [0.05, 0.1) is 0 Å². The predicted octanol–water partition coefficient (Wildman–Crippen LogP) is 13.0. The van der Waals surface area contributed by atoms with Crippen LogP contribution in [-0.2, 0) is 18.4 Å². The maximum Gasteiger partial charge on any atom is 0.112 e. The molecule has 3 rings (SSSR count). The number of imidazole rings is 1. The van der Waals surface area contributed by atoms with Crippen molar-refractivity contribution >= 4 is 0 Å². The molecule has 2 nitrogen and oxygen atoms in total. The zero-order chi connectivity index (χ0) is 31.1. The molecule has 0 aliphatic carbocycles. The first-order valence-electron chi connectivity index (χ1n) is 18.8. The molecule has 44 heavy (non-hydrogen) atoms. The summed E-state index contributed by atoms with van der Waals surface area (Å²) < 4.78 is 2.52. The minimum atomic E-state index is -0.0243. The van der Waals surface area contributed by atoms with Crippen LogP contribution in [0.5, 0.6) is 0 Å². The van der Waals surface area contributed by atoms with Crippen molar-refractivity contribution in [2.45, 2.75) is 173 Å². The van der Waals surface area contributed by atoms with Crippen LogP contribution in [0, 0.1) is 0 Å². The van der Waals surface area contributed by atoms with Gasteiger partial charge in [-0.25, -0.2) is 4.98 Å². The number of benzene rings is 2. The number of hydrogen-bond donors (Lipinski definition) is 0. The maximum absolute atomic E-state index is 5.13. The van der Waals surface area contributed by atoms with Gasteiger partial charge < -0.3 is 4.57 Å². The molecule has 0 aliphatic rings. The minimum Gasteiger partial charge on any atom is -0.335 e. The Labute approximate surface area is 272 Å². The summed E-state index contributed by atoms with van der Waals surface area (Å²) in [5.41, 5.74) is 2.84. The molecule has 2 unspecified atom stereocenters. The van der Waals surface area contributed by atoms with Gasteiger partial charge in [-0.05, 0) is 30.4 Å². The fourth-order valence-corrected chi connectivity index (χ4v) is 7.25. The van der Waals surface area contributed by atoms with Crippen molar-refractivity contribution in [3.8, 4) is 0 Å². The van der Waals surface area contributed by atoms with Gasteiger partial charge in [0.2, 0.25) is 0 Å². The second-order valence-electron chi connectivity index (χ2n) is 13.8. The summed E-state index contributed by atoms with van der Waals surface area (Å²) in [5, 5.41) is 0. The lowest BCUT2D eigenvalue weighted by molar-refractivity contribution is 0.321. The summed E-state index contributed by atoms with van der Waals surface area (Å²) in [6.07, 6.45) is 32.7. The van der Waals surface area contributed by atoms with Gasteiger partial charge in [-0.2, -0.15) is 0 Å². The highest BCUT2D eigenvalue weighted by atomic mass is 15.1. The Morgan fingerprint density at radius 1 is 0.591 bits per heavy atom. The van der Waals surface area contributed by atoms with Crippen molar-refractivity contribution in [1.29, 1.82) is 0 Å². The SMILES string of the molecule is CCCCCCCCCCCCC(c1nccn1CCCCCCCCCCC)C(C)(Cc1ccccc1)c1ccccc1. The van der Waals surface area contributed by atoms with Gasteiger partial charge in [0.15, 0.2) is 0 Å². The van der Waals surface area contributed by atoms with Gasteiger partial charge in [-0.3, -0.25) is 0 Å². The zero-order valence-corrected chi connectivity index (χ0v) is 29.0. The smallest absolute Gasteiger partial charge is 0.112 e. The van der Waals surface area contributed by atoms with Crippen LogP contribution in [0.4, 0.5) is 0 Å². The molecular formula is C42H66N2. The Hall–Kier alpha value is -2.35. The molecule has 0 amide bonds. The van der Waals surface area contributed by atoms with E-state index in [0.717, 1.165) is 13.0 Å². The zero-order valence-electron chi connectivity index (χ0n) is 29.0. The van der Waals surface area contributed by atoms with E-state index < -0.39 is 0 Å². The van der Waals surface area contributed by atoms with E-state index in [1.807, 2.05) is 0 Å².